The number of nitrogens with zero attached hydrogens (tertiary/aromatic N) is 2. The summed E-state index contributed by atoms with van der Waals surface area (Å²) in [5.74, 6) is -2.80. The van der Waals surface area contributed by atoms with Crippen LogP contribution in [-0.2, 0) is 20.9 Å². The second-order valence-corrected chi connectivity index (χ2v) is 7.95. The third-order valence-corrected chi connectivity index (χ3v) is 5.82. The number of aromatic nitrogens is 3. The SMILES string of the molecule is CCOC(=O)c1[nH]c(C)c(C([O-])=C2C(=O)C(=O)N(Cc3ccc[nH+]c3)C2c2ccncc2)c1C. The first-order chi connectivity index (χ1) is 16.3. The number of hydrogen-bond donors (Lipinski definition) is 1. The lowest BCUT2D eigenvalue weighted by Gasteiger charge is -2.27. The first-order valence-electron chi connectivity index (χ1n) is 10.8. The predicted molar refractivity (Wildman–Crippen MR) is 119 cm³/mol. The van der Waals surface area contributed by atoms with Gasteiger partial charge in [0.15, 0.2) is 12.4 Å². The van der Waals surface area contributed by atoms with Gasteiger partial charge in [0.05, 0.1) is 19.2 Å². The number of Topliss-reactive ketones (excluding diaryl/α,β-unsaturated/α-hetero) is 1. The Hall–Kier alpha value is -4.27. The summed E-state index contributed by atoms with van der Waals surface area (Å²) in [6, 6.07) is 6.07. The maximum absolute atomic E-state index is 13.8. The molecule has 0 spiro atoms. The van der Waals surface area contributed by atoms with E-state index in [9.17, 15) is 19.5 Å². The van der Waals surface area contributed by atoms with E-state index in [2.05, 4.69) is 15.0 Å². The van der Waals surface area contributed by atoms with Gasteiger partial charge in [-0.3, -0.25) is 14.6 Å². The summed E-state index contributed by atoms with van der Waals surface area (Å²) in [7, 11) is 0. The van der Waals surface area contributed by atoms with Crippen molar-refractivity contribution < 1.29 is 29.2 Å². The number of esters is 1. The largest absolute Gasteiger partial charge is 0.872 e. The van der Waals surface area contributed by atoms with E-state index in [4.69, 9.17) is 4.74 Å². The van der Waals surface area contributed by atoms with E-state index in [0.717, 1.165) is 5.56 Å². The number of hydrogen-bond acceptors (Lipinski definition) is 6. The van der Waals surface area contributed by atoms with Gasteiger partial charge in [-0.25, -0.2) is 9.78 Å². The molecule has 0 aliphatic carbocycles. The van der Waals surface area contributed by atoms with Gasteiger partial charge in [0.2, 0.25) is 5.78 Å². The summed E-state index contributed by atoms with van der Waals surface area (Å²) in [6.07, 6.45) is 6.56. The zero-order valence-corrected chi connectivity index (χ0v) is 19.0. The van der Waals surface area contributed by atoms with E-state index in [-0.39, 0.29) is 30.0 Å². The molecule has 1 unspecified atom stereocenters. The maximum Gasteiger partial charge on any atom is 0.355 e. The van der Waals surface area contributed by atoms with E-state index in [0.29, 0.717) is 16.8 Å². The highest BCUT2D eigenvalue weighted by Gasteiger charge is 2.44. The fourth-order valence-corrected chi connectivity index (χ4v) is 4.28. The van der Waals surface area contributed by atoms with Crippen LogP contribution in [-0.4, -0.2) is 39.1 Å². The lowest BCUT2D eigenvalue weighted by Crippen LogP contribution is -2.29. The number of H-pyrrole nitrogens is 2. The monoisotopic (exact) mass is 460 g/mol. The Morgan fingerprint density at radius 2 is 1.97 bits per heavy atom. The van der Waals surface area contributed by atoms with Gasteiger partial charge in [0.1, 0.15) is 5.69 Å². The smallest absolute Gasteiger partial charge is 0.355 e. The van der Waals surface area contributed by atoms with Gasteiger partial charge in [-0.2, -0.15) is 0 Å². The molecule has 1 fully saturated rings. The number of nitrogens with one attached hydrogen (secondary N) is 2. The summed E-state index contributed by atoms with van der Waals surface area (Å²) in [5, 5.41) is 13.8. The standard InChI is InChI=1S/C25H24N4O5/c1-4-34-25(33)20-14(2)18(15(3)28-20)22(30)19-21(17-7-10-26-11-8-17)29(24(32)23(19)31)13-16-6-5-9-27-12-16/h5-12,21,28,30H,4,13H2,1-3H3. The number of pyridine rings is 2. The van der Waals surface area contributed by atoms with Crippen LogP contribution in [0.3, 0.4) is 0 Å². The zero-order chi connectivity index (χ0) is 24.4. The molecule has 0 saturated carbocycles. The molecule has 9 nitrogen and oxygen atoms in total. The van der Waals surface area contributed by atoms with Gasteiger partial charge in [-0.15, -0.1) is 0 Å². The number of likely N-dealkylation sites (tertiary alicyclic amines) is 1. The van der Waals surface area contributed by atoms with Gasteiger partial charge in [0.25, 0.3) is 5.91 Å². The highest BCUT2D eigenvalue weighted by Crippen LogP contribution is 2.40. The molecule has 3 aromatic rings. The number of amides is 1. The molecule has 1 saturated heterocycles. The molecule has 9 heteroatoms. The molecular formula is C25H24N4O5. The molecule has 2 N–H and O–H groups in total. The molecule has 34 heavy (non-hydrogen) atoms. The summed E-state index contributed by atoms with van der Waals surface area (Å²) in [4.78, 5) is 49.9. The third-order valence-electron chi connectivity index (χ3n) is 5.82. The lowest BCUT2D eigenvalue weighted by atomic mass is 9.94. The van der Waals surface area contributed by atoms with Crippen molar-refractivity contribution in [2.75, 3.05) is 6.61 Å². The van der Waals surface area contributed by atoms with E-state index in [1.54, 1.807) is 63.8 Å². The average Bonchev–Trinajstić information content (AvgIpc) is 3.27. The Kier molecular flexibility index (Phi) is 6.27. The Morgan fingerprint density at radius 3 is 2.62 bits per heavy atom. The van der Waals surface area contributed by atoms with Crippen LogP contribution in [0.5, 0.6) is 0 Å². The van der Waals surface area contributed by atoms with Crippen LogP contribution in [0.4, 0.5) is 0 Å². The van der Waals surface area contributed by atoms with Gasteiger partial charge in [0, 0.05) is 35.3 Å². The van der Waals surface area contributed by atoms with Crippen LogP contribution in [0.1, 0.15) is 51.4 Å². The van der Waals surface area contributed by atoms with E-state index >= 15 is 0 Å². The molecule has 1 atom stereocenters. The van der Waals surface area contributed by atoms with Gasteiger partial charge in [-0.1, -0.05) is 5.76 Å². The highest BCUT2D eigenvalue weighted by molar-refractivity contribution is 6.46. The number of aryl methyl sites for hydroxylation is 1. The van der Waals surface area contributed by atoms with Crippen LogP contribution >= 0.6 is 0 Å². The van der Waals surface area contributed by atoms with Crippen molar-refractivity contribution >= 4 is 23.4 Å². The van der Waals surface area contributed by atoms with Crippen molar-refractivity contribution in [3.05, 3.63) is 88.3 Å². The number of aromatic amines is 2. The summed E-state index contributed by atoms with van der Waals surface area (Å²) in [5.41, 5.74) is 2.34. The second kappa shape index (κ2) is 9.30. The quantitative estimate of drug-likeness (QED) is 0.256. The fourth-order valence-electron chi connectivity index (χ4n) is 4.28. The van der Waals surface area contributed by atoms with E-state index in [1.807, 2.05) is 6.07 Å². The number of ketones is 1. The summed E-state index contributed by atoms with van der Waals surface area (Å²) in [6.45, 7) is 5.25. The van der Waals surface area contributed by atoms with Crippen LogP contribution in [0.2, 0.25) is 0 Å². The second-order valence-electron chi connectivity index (χ2n) is 7.95. The highest BCUT2D eigenvalue weighted by atomic mass is 16.5. The molecule has 4 heterocycles. The minimum Gasteiger partial charge on any atom is -0.872 e. The van der Waals surface area contributed by atoms with Crippen LogP contribution in [0.25, 0.3) is 5.76 Å². The Labute approximate surface area is 196 Å². The number of carbonyl (C=O) groups is 3. The topological polar surface area (TPSA) is 130 Å². The number of ether oxygens (including phenoxy) is 1. The molecule has 1 amide bonds. The minimum atomic E-state index is -0.893. The van der Waals surface area contributed by atoms with Crippen LogP contribution in [0, 0.1) is 13.8 Å². The van der Waals surface area contributed by atoms with Gasteiger partial charge >= 0.3 is 5.97 Å². The number of rotatable bonds is 6. The minimum absolute atomic E-state index is 0.130. The average molecular weight is 460 g/mol. The molecule has 174 valence electrons. The molecule has 1 aliphatic rings. The van der Waals surface area contributed by atoms with Crippen molar-refractivity contribution in [2.24, 2.45) is 0 Å². The van der Waals surface area contributed by atoms with Gasteiger partial charge in [-0.05, 0) is 55.7 Å². The normalized spacial score (nSPS) is 17.3. The van der Waals surface area contributed by atoms with E-state index < -0.39 is 29.5 Å². The first-order valence-corrected chi connectivity index (χ1v) is 10.8. The number of carbonyl (C=O) groups excluding carboxylic acids is 3. The summed E-state index contributed by atoms with van der Waals surface area (Å²) >= 11 is 0. The van der Waals surface area contributed by atoms with Crippen molar-refractivity contribution in [1.82, 2.24) is 14.9 Å². The van der Waals surface area contributed by atoms with Crippen molar-refractivity contribution in [2.45, 2.75) is 33.4 Å². The Balaban J connectivity index is 1.88. The van der Waals surface area contributed by atoms with Crippen LogP contribution < -0.4 is 10.1 Å². The van der Waals surface area contributed by atoms with Crippen molar-refractivity contribution in [3.63, 3.8) is 0 Å². The van der Waals surface area contributed by atoms with Crippen molar-refractivity contribution in [3.8, 4) is 0 Å². The molecular weight excluding hydrogens is 436 g/mol. The molecule has 0 bridgehead atoms. The zero-order valence-electron chi connectivity index (χ0n) is 19.0. The Morgan fingerprint density at radius 1 is 1.24 bits per heavy atom. The molecule has 1 aliphatic heterocycles. The third kappa shape index (κ3) is 3.96. The molecule has 0 radical (unpaired) electrons. The van der Waals surface area contributed by atoms with Gasteiger partial charge < -0.3 is 19.7 Å². The van der Waals surface area contributed by atoms with Crippen LogP contribution in [0.15, 0.2) is 54.6 Å². The fraction of sp³-hybridized carbons (Fsp3) is 0.240. The maximum atomic E-state index is 13.8. The first kappa shape index (κ1) is 22.9. The van der Waals surface area contributed by atoms with Crippen molar-refractivity contribution in [1.29, 1.82) is 0 Å². The molecule has 3 aromatic heterocycles. The molecule has 4 rings (SSSR count). The molecule has 0 aromatic carbocycles. The lowest BCUT2D eigenvalue weighted by molar-refractivity contribution is -0.378. The Bertz CT molecular complexity index is 1280. The van der Waals surface area contributed by atoms with E-state index in [1.165, 1.54) is 4.90 Å². The summed E-state index contributed by atoms with van der Waals surface area (Å²) < 4.78 is 5.07. The predicted octanol–water partition coefficient (Wildman–Crippen LogP) is 1.44.